The Morgan fingerprint density at radius 3 is 2.42 bits per heavy atom. The molecule has 0 heterocycles. The predicted octanol–water partition coefficient (Wildman–Crippen LogP) is 3.76. The number of aryl methyl sites for hydroxylation is 1. The van der Waals surface area contributed by atoms with Gasteiger partial charge in [0.2, 0.25) is 0 Å². The van der Waals surface area contributed by atoms with E-state index in [0.29, 0.717) is 11.6 Å². The van der Waals surface area contributed by atoms with Crippen LogP contribution in [-0.4, -0.2) is 23.5 Å². The molecule has 0 atom stereocenters. The molecule has 24 heavy (non-hydrogen) atoms. The lowest BCUT2D eigenvalue weighted by molar-refractivity contribution is -0.137. The Morgan fingerprint density at radius 1 is 1.08 bits per heavy atom. The third-order valence-electron chi connectivity index (χ3n) is 3.29. The molecule has 2 aromatic rings. The zero-order valence-electron chi connectivity index (χ0n) is 12.6. The van der Waals surface area contributed by atoms with E-state index in [-0.39, 0.29) is 16.9 Å². The summed E-state index contributed by atoms with van der Waals surface area (Å²) in [6.45, 7) is 0.941. The van der Waals surface area contributed by atoms with E-state index in [0.717, 1.165) is 12.1 Å². The number of phenolic OH excluding ortho intramolecular Hbond substituents is 1. The summed E-state index contributed by atoms with van der Waals surface area (Å²) >= 11 is 0. The van der Waals surface area contributed by atoms with Crippen molar-refractivity contribution < 1.29 is 32.6 Å². The zero-order chi connectivity index (χ0) is 17.9. The largest absolute Gasteiger partial charge is 0.508 e. The van der Waals surface area contributed by atoms with Crippen LogP contribution < -0.4 is 0 Å². The topological polar surface area (TPSA) is 63.6 Å². The minimum Gasteiger partial charge on any atom is -0.508 e. The first-order valence-electron chi connectivity index (χ1n) is 6.85. The first-order valence-corrected chi connectivity index (χ1v) is 6.85. The van der Waals surface area contributed by atoms with Crippen LogP contribution in [0.2, 0.25) is 0 Å². The van der Waals surface area contributed by atoms with Gasteiger partial charge in [-0.25, -0.2) is 4.79 Å². The SMILES string of the molecule is Cc1ccc(C(=O)OCC(=O)c2cccc(C(F)(F)F)c2)cc1O. The van der Waals surface area contributed by atoms with Crippen molar-refractivity contribution in [2.75, 3.05) is 6.61 Å². The number of aromatic hydroxyl groups is 1. The standard InChI is InChI=1S/C17H13F3O4/c1-10-5-6-12(8-14(10)21)16(23)24-9-15(22)11-3-2-4-13(7-11)17(18,19)20/h2-8,21H,9H2,1H3. The normalized spacial score (nSPS) is 11.2. The van der Waals surface area contributed by atoms with Gasteiger partial charge in [0.15, 0.2) is 12.4 Å². The fraction of sp³-hybridized carbons (Fsp3) is 0.176. The molecular formula is C17H13F3O4. The fourth-order valence-corrected chi connectivity index (χ4v) is 1.90. The number of hydrogen-bond donors (Lipinski definition) is 1. The molecule has 0 aliphatic rings. The van der Waals surface area contributed by atoms with Crippen molar-refractivity contribution in [3.8, 4) is 5.75 Å². The lowest BCUT2D eigenvalue weighted by Gasteiger charge is -2.09. The Balaban J connectivity index is 2.05. The van der Waals surface area contributed by atoms with Gasteiger partial charge in [-0.15, -0.1) is 0 Å². The minimum atomic E-state index is -4.56. The van der Waals surface area contributed by atoms with Crippen LogP contribution in [0.5, 0.6) is 5.75 Å². The van der Waals surface area contributed by atoms with Crippen LogP contribution >= 0.6 is 0 Å². The summed E-state index contributed by atoms with van der Waals surface area (Å²) in [6, 6.07) is 7.96. The Morgan fingerprint density at radius 2 is 1.79 bits per heavy atom. The second-order valence-corrected chi connectivity index (χ2v) is 5.08. The van der Waals surface area contributed by atoms with E-state index in [1.807, 2.05) is 0 Å². The summed E-state index contributed by atoms with van der Waals surface area (Å²) in [5, 5.41) is 9.53. The molecule has 0 aromatic heterocycles. The number of esters is 1. The molecular weight excluding hydrogens is 325 g/mol. The van der Waals surface area contributed by atoms with Crippen molar-refractivity contribution in [1.82, 2.24) is 0 Å². The number of ether oxygens (including phenoxy) is 1. The van der Waals surface area contributed by atoms with Crippen LogP contribution in [0.1, 0.15) is 31.8 Å². The fourth-order valence-electron chi connectivity index (χ4n) is 1.90. The molecule has 2 rings (SSSR count). The third-order valence-corrected chi connectivity index (χ3v) is 3.29. The molecule has 7 heteroatoms. The molecule has 0 aliphatic heterocycles. The monoisotopic (exact) mass is 338 g/mol. The lowest BCUT2D eigenvalue weighted by Crippen LogP contribution is -2.15. The minimum absolute atomic E-state index is 0.0370. The van der Waals surface area contributed by atoms with E-state index in [2.05, 4.69) is 0 Å². The number of alkyl halides is 3. The molecule has 0 fully saturated rings. The van der Waals surface area contributed by atoms with Crippen LogP contribution in [0.3, 0.4) is 0 Å². The Labute approximate surface area is 135 Å². The molecule has 0 saturated heterocycles. The Hall–Kier alpha value is -2.83. The Bertz CT molecular complexity index is 782. The maximum Gasteiger partial charge on any atom is 0.416 e. The summed E-state index contributed by atoms with van der Waals surface area (Å²) in [6.07, 6.45) is -4.56. The molecule has 0 aliphatic carbocycles. The van der Waals surface area contributed by atoms with Crippen LogP contribution in [0.4, 0.5) is 13.2 Å². The van der Waals surface area contributed by atoms with E-state index in [1.54, 1.807) is 6.92 Å². The van der Waals surface area contributed by atoms with Gasteiger partial charge in [0.25, 0.3) is 0 Å². The van der Waals surface area contributed by atoms with Crippen LogP contribution in [0, 0.1) is 6.92 Å². The Kier molecular flexibility index (Phi) is 4.92. The number of phenols is 1. The number of benzene rings is 2. The van der Waals surface area contributed by atoms with Crippen LogP contribution in [0.25, 0.3) is 0 Å². The third kappa shape index (κ3) is 4.13. The molecule has 126 valence electrons. The number of hydrogen-bond acceptors (Lipinski definition) is 4. The van der Waals surface area contributed by atoms with Gasteiger partial charge in [-0.1, -0.05) is 18.2 Å². The summed E-state index contributed by atoms with van der Waals surface area (Å²) in [4.78, 5) is 23.7. The molecule has 4 nitrogen and oxygen atoms in total. The van der Waals surface area contributed by atoms with Gasteiger partial charge in [-0.2, -0.15) is 13.2 Å². The second kappa shape index (κ2) is 6.74. The van der Waals surface area contributed by atoms with Gasteiger partial charge < -0.3 is 9.84 Å². The summed E-state index contributed by atoms with van der Waals surface area (Å²) < 4.78 is 42.6. The lowest BCUT2D eigenvalue weighted by atomic mass is 10.1. The van der Waals surface area contributed by atoms with Gasteiger partial charge in [0, 0.05) is 5.56 Å². The number of carbonyl (C=O) groups is 2. The predicted molar refractivity (Wildman–Crippen MR) is 78.9 cm³/mol. The van der Waals surface area contributed by atoms with Gasteiger partial charge in [0.1, 0.15) is 5.75 Å². The summed E-state index contributed by atoms with van der Waals surface area (Å²) in [5.41, 5.74) is -0.561. The van der Waals surface area contributed by atoms with Crippen molar-refractivity contribution in [2.45, 2.75) is 13.1 Å². The highest BCUT2D eigenvalue weighted by molar-refractivity contribution is 5.99. The number of rotatable bonds is 4. The quantitative estimate of drug-likeness (QED) is 0.681. The maximum atomic E-state index is 12.6. The molecule has 0 amide bonds. The highest BCUT2D eigenvalue weighted by Crippen LogP contribution is 2.29. The van der Waals surface area contributed by atoms with Gasteiger partial charge in [-0.05, 0) is 36.8 Å². The van der Waals surface area contributed by atoms with Gasteiger partial charge in [-0.3, -0.25) is 4.79 Å². The van der Waals surface area contributed by atoms with Crippen molar-refractivity contribution in [3.05, 3.63) is 64.7 Å². The first kappa shape index (κ1) is 17.5. The molecule has 0 unspecified atom stereocenters. The van der Waals surface area contributed by atoms with E-state index in [9.17, 15) is 27.9 Å². The zero-order valence-corrected chi connectivity index (χ0v) is 12.6. The number of carbonyl (C=O) groups excluding carboxylic acids is 2. The molecule has 1 N–H and O–H groups in total. The van der Waals surface area contributed by atoms with Crippen molar-refractivity contribution in [3.63, 3.8) is 0 Å². The van der Waals surface area contributed by atoms with Gasteiger partial charge >= 0.3 is 12.1 Å². The van der Waals surface area contributed by atoms with E-state index in [1.165, 1.54) is 24.3 Å². The number of ketones is 1. The average molecular weight is 338 g/mol. The average Bonchev–Trinajstić information content (AvgIpc) is 2.54. The van der Waals surface area contributed by atoms with Crippen LogP contribution in [-0.2, 0) is 10.9 Å². The summed E-state index contributed by atoms with van der Waals surface area (Å²) in [7, 11) is 0. The van der Waals surface area contributed by atoms with Crippen molar-refractivity contribution in [1.29, 1.82) is 0 Å². The van der Waals surface area contributed by atoms with E-state index >= 15 is 0 Å². The molecule has 2 aromatic carbocycles. The molecule has 0 bridgehead atoms. The number of Topliss-reactive ketones (excluding diaryl/α,β-unsaturated/α-hetero) is 1. The maximum absolute atomic E-state index is 12.6. The molecule has 0 radical (unpaired) electrons. The highest BCUT2D eigenvalue weighted by atomic mass is 19.4. The molecule has 0 saturated carbocycles. The number of halogens is 3. The summed E-state index contributed by atoms with van der Waals surface area (Å²) in [5.74, 6) is -1.72. The smallest absolute Gasteiger partial charge is 0.416 e. The van der Waals surface area contributed by atoms with Gasteiger partial charge in [0.05, 0.1) is 11.1 Å². The van der Waals surface area contributed by atoms with Crippen molar-refractivity contribution in [2.24, 2.45) is 0 Å². The first-order chi connectivity index (χ1) is 11.2. The van der Waals surface area contributed by atoms with Crippen molar-refractivity contribution >= 4 is 11.8 Å². The highest BCUT2D eigenvalue weighted by Gasteiger charge is 2.30. The van der Waals surface area contributed by atoms with E-state index in [4.69, 9.17) is 4.74 Å². The van der Waals surface area contributed by atoms with E-state index < -0.39 is 30.1 Å². The molecule has 0 spiro atoms. The second-order valence-electron chi connectivity index (χ2n) is 5.08. The van der Waals surface area contributed by atoms with Crippen LogP contribution in [0.15, 0.2) is 42.5 Å².